The van der Waals surface area contributed by atoms with Crippen molar-refractivity contribution in [2.75, 3.05) is 5.32 Å². The Morgan fingerprint density at radius 2 is 2.33 bits per heavy atom. The maximum absolute atomic E-state index is 11.7. The second kappa shape index (κ2) is 3.96. The summed E-state index contributed by atoms with van der Waals surface area (Å²) in [5, 5.41) is 6.22. The molecule has 15 heavy (non-hydrogen) atoms. The molecule has 4 heteroatoms. The van der Waals surface area contributed by atoms with Gasteiger partial charge in [-0.1, -0.05) is 22.9 Å². The summed E-state index contributed by atoms with van der Waals surface area (Å²) < 4.78 is 4.61. The summed E-state index contributed by atoms with van der Waals surface area (Å²) in [4.78, 5) is 11.7. The van der Waals surface area contributed by atoms with Gasteiger partial charge in [-0.15, -0.1) is 0 Å². The van der Waals surface area contributed by atoms with Crippen LogP contribution in [0.5, 0.6) is 0 Å². The van der Waals surface area contributed by atoms with Gasteiger partial charge in [0.05, 0.1) is 0 Å². The molecule has 2 aromatic rings. The zero-order chi connectivity index (χ0) is 10.7. The number of carbonyl (C=O) groups excluding carboxylic acids is 1. The summed E-state index contributed by atoms with van der Waals surface area (Å²) in [5.74, 6) is 0.231. The highest BCUT2D eigenvalue weighted by Crippen LogP contribution is 2.07. The van der Waals surface area contributed by atoms with Gasteiger partial charge in [0.25, 0.3) is 5.91 Å². The molecule has 0 aliphatic carbocycles. The normalized spacial score (nSPS) is 9.93. The number of amides is 1. The lowest BCUT2D eigenvalue weighted by atomic mass is 10.1. The SMILES string of the molecule is Cc1cccc(C(=O)Nc2ccon2)c1.[HH]. The summed E-state index contributed by atoms with van der Waals surface area (Å²) >= 11 is 0. The Bertz CT molecular complexity index is 469. The van der Waals surface area contributed by atoms with Crippen molar-refractivity contribution in [2.45, 2.75) is 6.92 Å². The van der Waals surface area contributed by atoms with Crippen molar-refractivity contribution in [3.05, 3.63) is 47.7 Å². The van der Waals surface area contributed by atoms with Gasteiger partial charge in [0.15, 0.2) is 5.82 Å². The van der Waals surface area contributed by atoms with E-state index >= 15 is 0 Å². The summed E-state index contributed by atoms with van der Waals surface area (Å²) in [5.41, 5.74) is 1.65. The fraction of sp³-hybridized carbons (Fsp3) is 0.0909. The average molecular weight is 204 g/mol. The molecule has 2 rings (SSSR count). The van der Waals surface area contributed by atoms with Gasteiger partial charge >= 0.3 is 0 Å². The van der Waals surface area contributed by atoms with Gasteiger partial charge < -0.3 is 9.84 Å². The van der Waals surface area contributed by atoms with Crippen LogP contribution in [0.1, 0.15) is 17.3 Å². The second-order valence-electron chi connectivity index (χ2n) is 3.21. The Labute approximate surface area is 88.4 Å². The maximum atomic E-state index is 11.7. The topological polar surface area (TPSA) is 55.1 Å². The predicted octanol–water partition coefficient (Wildman–Crippen LogP) is 2.48. The molecule has 0 radical (unpaired) electrons. The molecule has 78 valence electrons. The minimum Gasteiger partial charge on any atom is -0.363 e. The highest BCUT2D eigenvalue weighted by molar-refractivity contribution is 6.03. The van der Waals surface area contributed by atoms with Gasteiger partial charge in [-0.3, -0.25) is 4.79 Å². The second-order valence-corrected chi connectivity index (χ2v) is 3.21. The summed E-state index contributed by atoms with van der Waals surface area (Å²) in [7, 11) is 0. The zero-order valence-electron chi connectivity index (χ0n) is 8.23. The molecule has 1 heterocycles. The van der Waals surface area contributed by atoms with Crippen molar-refractivity contribution in [1.82, 2.24) is 5.16 Å². The molecule has 1 amide bonds. The van der Waals surface area contributed by atoms with E-state index in [0.717, 1.165) is 5.56 Å². The molecule has 4 nitrogen and oxygen atoms in total. The van der Waals surface area contributed by atoms with Gasteiger partial charge in [0, 0.05) is 13.1 Å². The molecule has 0 unspecified atom stereocenters. The molecule has 0 spiro atoms. The van der Waals surface area contributed by atoms with Crippen molar-refractivity contribution in [3.8, 4) is 0 Å². The van der Waals surface area contributed by atoms with E-state index in [4.69, 9.17) is 0 Å². The molecule has 1 aromatic carbocycles. The van der Waals surface area contributed by atoms with E-state index in [2.05, 4.69) is 15.0 Å². The highest BCUT2D eigenvalue weighted by Gasteiger charge is 2.06. The van der Waals surface area contributed by atoms with E-state index in [1.807, 2.05) is 25.1 Å². The number of aryl methyl sites for hydroxylation is 1. The van der Waals surface area contributed by atoms with Crippen LogP contribution < -0.4 is 5.32 Å². The van der Waals surface area contributed by atoms with Crippen LogP contribution in [0.3, 0.4) is 0 Å². The van der Waals surface area contributed by atoms with E-state index < -0.39 is 0 Å². The smallest absolute Gasteiger partial charge is 0.256 e. The van der Waals surface area contributed by atoms with Gasteiger partial charge in [0.1, 0.15) is 6.26 Å². The highest BCUT2D eigenvalue weighted by atomic mass is 16.5. The molecule has 0 saturated carbocycles. The fourth-order valence-corrected chi connectivity index (χ4v) is 1.25. The number of anilines is 1. The Hall–Kier alpha value is -2.10. The number of carbonyl (C=O) groups is 1. The first-order valence-corrected chi connectivity index (χ1v) is 4.54. The number of hydrogen-bond donors (Lipinski definition) is 1. The summed E-state index contributed by atoms with van der Waals surface area (Å²) in [6, 6.07) is 8.94. The lowest BCUT2D eigenvalue weighted by Gasteiger charge is -2.01. The Morgan fingerprint density at radius 3 is 3.00 bits per heavy atom. The lowest BCUT2D eigenvalue weighted by molar-refractivity contribution is 0.102. The first-order valence-electron chi connectivity index (χ1n) is 4.54. The van der Waals surface area contributed by atoms with E-state index in [1.54, 1.807) is 12.1 Å². The van der Waals surface area contributed by atoms with Gasteiger partial charge in [0.2, 0.25) is 0 Å². The van der Waals surface area contributed by atoms with Crippen LogP contribution >= 0.6 is 0 Å². The number of nitrogens with zero attached hydrogens (tertiary/aromatic N) is 1. The van der Waals surface area contributed by atoms with Gasteiger partial charge in [-0.2, -0.15) is 0 Å². The van der Waals surface area contributed by atoms with Crippen LogP contribution in [0.25, 0.3) is 0 Å². The van der Waals surface area contributed by atoms with Crippen molar-refractivity contribution < 1.29 is 10.7 Å². The van der Waals surface area contributed by atoms with Crippen LogP contribution in [0, 0.1) is 6.92 Å². The van der Waals surface area contributed by atoms with Crippen LogP contribution in [0.2, 0.25) is 0 Å². The van der Waals surface area contributed by atoms with E-state index in [1.165, 1.54) is 6.26 Å². The molecular formula is C11H12N2O2. The molecular weight excluding hydrogens is 192 g/mol. The van der Waals surface area contributed by atoms with Crippen molar-refractivity contribution in [2.24, 2.45) is 0 Å². The van der Waals surface area contributed by atoms with Crippen molar-refractivity contribution in [1.29, 1.82) is 0 Å². The van der Waals surface area contributed by atoms with Gasteiger partial charge in [-0.25, -0.2) is 0 Å². The van der Waals surface area contributed by atoms with Gasteiger partial charge in [-0.05, 0) is 19.1 Å². The zero-order valence-corrected chi connectivity index (χ0v) is 8.23. The molecule has 1 aromatic heterocycles. The average Bonchev–Trinajstić information content (AvgIpc) is 2.70. The quantitative estimate of drug-likeness (QED) is 0.817. The van der Waals surface area contributed by atoms with Crippen molar-refractivity contribution in [3.63, 3.8) is 0 Å². The molecule has 0 bridgehead atoms. The third-order valence-corrected chi connectivity index (χ3v) is 1.96. The molecule has 0 aliphatic rings. The summed E-state index contributed by atoms with van der Waals surface area (Å²) in [6.07, 6.45) is 1.41. The first kappa shape index (κ1) is 9.45. The number of rotatable bonds is 2. The molecule has 0 atom stereocenters. The molecule has 0 aliphatic heterocycles. The number of nitrogens with one attached hydrogen (secondary N) is 1. The Balaban J connectivity index is 0.00000128. The lowest BCUT2D eigenvalue weighted by Crippen LogP contribution is -2.11. The number of hydrogen-bond acceptors (Lipinski definition) is 3. The van der Waals surface area contributed by atoms with Crippen molar-refractivity contribution >= 4 is 11.7 Å². The van der Waals surface area contributed by atoms with E-state index in [-0.39, 0.29) is 7.33 Å². The monoisotopic (exact) mass is 204 g/mol. The largest absolute Gasteiger partial charge is 0.363 e. The third-order valence-electron chi connectivity index (χ3n) is 1.96. The Morgan fingerprint density at radius 1 is 1.47 bits per heavy atom. The Kier molecular flexibility index (Phi) is 2.49. The minimum atomic E-state index is -0.187. The molecule has 1 N–H and O–H groups in total. The molecule has 0 fully saturated rings. The van der Waals surface area contributed by atoms with Crippen LogP contribution in [0.15, 0.2) is 41.1 Å². The number of benzene rings is 1. The number of aromatic nitrogens is 1. The summed E-state index contributed by atoms with van der Waals surface area (Å²) in [6.45, 7) is 1.94. The predicted molar refractivity (Wildman–Crippen MR) is 57.7 cm³/mol. The van der Waals surface area contributed by atoms with E-state index in [0.29, 0.717) is 11.4 Å². The minimum absolute atomic E-state index is 0. The van der Waals surface area contributed by atoms with Crippen LogP contribution in [0.4, 0.5) is 5.82 Å². The fourth-order valence-electron chi connectivity index (χ4n) is 1.25. The van der Waals surface area contributed by atoms with Crippen LogP contribution in [-0.2, 0) is 0 Å². The van der Waals surface area contributed by atoms with Crippen LogP contribution in [-0.4, -0.2) is 11.1 Å². The third kappa shape index (κ3) is 2.22. The molecule has 0 saturated heterocycles. The maximum Gasteiger partial charge on any atom is 0.256 e. The first-order chi connectivity index (χ1) is 7.25. The van der Waals surface area contributed by atoms with E-state index in [9.17, 15) is 4.79 Å². The standard InChI is InChI=1S/C11H10N2O2.H2/c1-8-3-2-4-9(7-8)11(14)12-10-5-6-15-13-10;/h2-7H,1H3,(H,12,13,14);1H.